The first-order valence-electron chi connectivity index (χ1n) is 6.29. The number of nitrogens with zero attached hydrogens (tertiary/aromatic N) is 1. The molecular formula is C12H20N2O4. The van der Waals surface area contributed by atoms with Gasteiger partial charge in [0, 0.05) is 6.04 Å². The van der Waals surface area contributed by atoms with Crippen molar-refractivity contribution in [3.05, 3.63) is 0 Å². The number of hydrogen-bond donors (Lipinski definition) is 2. The molecule has 0 aromatic carbocycles. The number of hydrogen-bond acceptors (Lipinski definition) is 3. The molecule has 2 fully saturated rings. The van der Waals surface area contributed by atoms with Gasteiger partial charge in [0.1, 0.15) is 5.60 Å². The van der Waals surface area contributed by atoms with Gasteiger partial charge in [0.2, 0.25) is 0 Å². The van der Waals surface area contributed by atoms with E-state index < -0.39 is 17.8 Å². The Kier molecular flexibility index (Phi) is 3.12. The fourth-order valence-electron chi connectivity index (χ4n) is 2.90. The first-order chi connectivity index (χ1) is 8.28. The van der Waals surface area contributed by atoms with Crippen molar-refractivity contribution in [3.63, 3.8) is 0 Å². The second-order valence-corrected chi connectivity index (χ2v) is 5.98. The van der Waals surface area contributed by atoms with E-state index in [1.54, 1.807) is 20.8 Å². The molecule has 0 aliphatic carbocycles. The number of fused-ring (bicyclic) bond motifs is 2. The predicted octanol–water partition coefficient (Wildman–Crippen LogP) is 1.79. The lowest BCUT2D eigenvalue weighted by atomic mass is 9.96. The Morgan fingerprint density at radius 3 is 2.50 bits per heavy atom. The van der Waals surface area contributed by atoms with Gasteiger partial charge in [-0.05, 0) is 40.0 Å². The van der Waals surface area contributed by atoms with Crippen molar-refractivity contribution in [2.24, 2.45) is 0 Å². The molecule has 0 aromatic heterocycles. The minimum absolute atomic E-state index is 0.0486. The van der Waals surface area contributed by atoms with Crippen molar-refractivity contribution in [2.75, 3.05) is 0 Å². The molecule has 2 aliphatic rings. The normalized spacial score (nSPS) is 30.4. The highest BCUT2D eigenvalue weighted by atomic mass is 16.6. The van der Waals surface area contributed by atoms with Crippen LogP contribution in [-0.4, -0.2) is 45.9 Å². The summed E-state index contributed by atoms with van der Waals surface area (Å²) in [5, 5.41) is 11.9. The quantitative estimate of drug-likeness (QED) is 0.749. The van der Waals surface area contributed by atoms with E-state index in [0.29, 0.717) is 6.42 Å². The zero-order valence-electron chi connectivity index (χ0n) is 11.0. The van der Waals surface area contributed by atoms with E-state index in [9.17, 15) is 9.59 Å². The van der Waals surface area contributed by atoms with Crippen molar-refractivity contribution in [1.82, 2.24) is 10.2 Å². The molecule has 2 amide bonds. The number of amides is 2. The predicted molar refractivity (Wildman–Crippen MR) is 64.4 cm³/mol. The fourth-order valence-corrected chi connectivity index (χ4v) is 2.90. The maximum absolute atomic E-state index is 11.7. The second kappa shape index (κ2) is 4.33. The first-order valence-corrected chi connectivity index (χ1v) is 6.29. The summed E-state index contributed by atoms with van der Waals surface area (Å²) in [6.45, 7) is 5.41. The minimum Gasteiger partial charge on any atom is -0.465 e. The molecular weight excluding hydrogens is 236 g/mol. The number of carbonyl (C=O) groups is 2. The molecule has 0 aromatic rings. The first kappa shape index (κ1) is 13.0. The number of carboxylic acid groups (broad SMARTS) is 1. The van der Waals surface area contributed by atoms with E-state index in [1.807, 2.05) is 0 Å². The molecule has 0 unspecified atom stereocenters. The molecule has 2 aliphatic heterocycles. The monoisotopic (exact) mass is 256 g/mol. The lowest BCUT2D eigenvalue weighted by Crippen LogP contribution is -2.46. The third-order valence-corrected chi connectivity index (χ3v) is 3.46. The standard InChI is InChI=1S/C12H20N2O4/c1-12(2,3)18-10(15)13-8-6-7-4-5-9(8)14(7)11(16)17/h7-9H,4-6H2,1-3H3,(H,13,15)(H,16,17)/t7-,8-,9+/m0/s1. The van der Waals surface area contributed by atoms with Gasteiger partial charge in [-0.25, -0.2) is 9.59 Å². The Labute approximate surface area is 106 Å². The van der Waals surface area contributed by atoms with Crippen LogP contribution < -0.4 is 5.32 Å². The summed E-state index contributed by atoms with van der Waals surface area (Å²) in [5.41, 5.74) is -0.534. The Hall–Kier alpha value is -1.46. The molecule has 3 atom stereocenters. The SMILES string of the molecule is CC(C)(C)OC(=O)N[C@H]1C[C@@H]2CC[C@H]1N2C(=O)O. The molecule has 0 saturated carbocycles. The summed E-state index contributed by atoms with van der Waals surface area (Å²) in [7, 11) is 0. The lowest BCUT2D eigenvalue weighted by molar-refractivity contribution is 0.0490. The zero-order chi connectivity index (χ0) is 13.5. The van der Waals surface area contributed by atoms with Crippen molar-refractivity contribution >= 4 is 12.2 Å². The Morgan fingerprint density at radius 2 is 2.00 bits per heavy atom. The number of ether oxygens (including phenoxy) is 1. The smallest absolute Gasteiger partial charge is 0.407 e. The molecule has 18 heavy (non-hydrogen) atoms. The van der Waals surface area contributed by atoms with Crippen LogP contribution in [0.15, 0.2) is 0 Å². The third-order valence-electron chi connectivity index (χ3n) is 3.46. The molecule has 2 N–H and O–H groups in total. The van der Waals surface area contributed by atoms with Gasteiger partial charge in [-0.1, -0.05) is 0 Å². The highest BCUT2D eigenvalue weighted by molar-refractivity contribution is 5.70. The fraction of sp³-hybridized carbons (Fsp3) is 0.833. The Bertz CT molecular complexity index is 364. The largest absolute Gasteiger partial charge is 0.465 e. The van der Waals surface area contributed by atoms with E-state index in [0.717, 1.165) is 12.8 Å². The second-order valence-electron chi connectivity index (χ2n) is 5.98. The van der Waals surface area contributed by atoms with Crippen molar-refractivity contribution in [2.45, 2.75) is 63.8 Å². The maximum Gasteiger partial charge on any atom is 0.407 e. The van der Waals surface area contributed by atoms with Gasteiger partial charge in [-0.15, -0.1) is 0 Å². The van der Waals surface area contributed by atoms with E-state index in [1.165, 1.54) is 4.90 Å². The average Bonchev–Trinajstić information content (AvgIpc) is 2.70. The van der Waals surface area contributed by atoms with Crippen LogP contribution in [0.25, 0.3) is 0 Å². The molecule has 2 bridgehead atoms. The number of rotatable bonds is 1. The van der Waals surface area contributed by atoms with E-state index >= 15 is 0 Å². The Morgan fingerprint density at radius 1 is 1.33 bits per heavy atom. The highest BCUT2D eigenvalue weighted by Crippen LogP contribution is 2.37. The number of carbonyl (C=O) groups excluding carboxylic acids is 1. The van der Waals surface area contributed by atoms with Crippen molar-refractivity contribution in [1.29, 1.82) is 0 Å². The van der Waals surface area contributed by atoms with Crippen LogP contribution in [0.4, 0.5) is 9.59 Å². The summed E-state index contributed by atoms with van der Waals surface area (Å²) in [4.78, 5) is 24.2. The minimum atomic E-state index is -0.893. The van der Waals surface area contributed by atoms with E-state index in [4.69, 9.17) is 9.84 Å². The van der Waals surface area contributed by atoms with Crippen molar-refractivity contribution in [3.8, 4) is 0 Å². The summed E-state index contributed by atoms with van der Waals surface area (Å²) in [5.74, 6) is 0. The molecule has 0 radical (unpaired) electrons. The van der Waals surface area contributed by atoms with Crippen LogP contribution in [0.2, 0.25) is 0 Å². The van der Waals surface area contributed by atoms with Gasteiger partial charge in [0.15, 0.2) is 0 Å². The van der Waals surface area contributed by atoms with Gasteiger partial charge in [0.05, 0.1) is 12.1 Å². The highest BCUT2D eigenvalue weighted by Gasteiger charge is 2.49. The number of nitrogens with one attached hydrogen (secondary N) is 1. The molecule has 6 heteroatoms. The molecule has 2 rings (SSSR count). The van der Waals surface area contributed by atoms with Crippen LogP contribution in [0.1, 0.15) is 40.0 Å². The summed E-state index contributed by atoms with van der Waals surface area (Å²) in [6.07, 6.45) is 1.04. The average molecular weight is 256 g/mol. The summed E-state index contributed by atoms with van der Waals surface area (Å²) < 4.78 is 5.19. The maximum atomic E-state index is 11.7. The van der Waals surface area contributed by atoms with Crippen LogP contribution in [-0.2, 0) is 4.74 Å². The summed E-state index contributed by atoms with van der Waals surface area (Å²) in [6, 6.07) is -0.165. The lowest BCUT2D eigenvalue weighted by Gasteiger charge is -2.25. The van der Waals surface area contributed by atoms with E-state index in [-0.39, 0.29) is 18.1 Å². The van der Waals surface area contributed by atoms with Gasteiger partial charge < -0.3 is 20.1 Å². The van der Waals surface area contributed by atoms with Gasteiger partial charge >= 0.3 is 12.2 Å². The Balaban J connectivity index is 1.93. The van der Waals surface area contributed by atoms with Gasteiger partial charge in [-0.2, -0.15) is 0 Å². The summed E-state index contributed by atoms with van der Waals surface area (Å²) >= 11 is 0. The molecule has 2 heterocycles. The zero-order valence-corrected chi connectivity index (χ0v) is 11.0. The molecule has 6 nitrogen and oxygen atoms in total. The molecule has 2 saturated heterocycles. The van der Waals surface area contributed by atoms with Gasteiger partial charge in [0.25, 0.3) is 0 Å². The van der Waals surface area contributed by atoms with Gasteiger partial charge in [-0.3, -0.25) is 0 Å². The molecule has 102 valence electrons. The van der Waals surface area contributed by atoms with Crippen molar-refractivity contribution < 1.29 is 19.4 Å². The third kappa shape index (κ3) is 2.52. The molecule has 0 spiro atoms. The topological polar surface area (TPSA) is 78.9 Å². The van der Waals surface area contributed by atoms with Crippen LogP contribution in [0.3, 0.4) is 0 Å². The van der Waals surface area contributed by atoms with Crippen LogP contribution in [0.5, 0.6) is 0 Å². The van der Waals surface area contributed by atoms with Crippen LogP contribution in [0, 0.1) is 0 Å². The van der Waals surface area contributed by atoms with E-state index in [2.05, 4.69) is 5.32 Å². The van der Waals surface area contributed by atoms with Crippen LogP contribution >= 0.6 is 0 Å². The number of alkyl carbamates (subject to hydrolysis) is 1.